The van der Waals surface area contributed by atoms with Crippen molar-refractivity contribution in [2.75, 3.05) is 13.1 Å². The molecule has 0 unspecified atom stereocenters. The van der Waals surface area contributed by atoms with Gasteiger partial charge in [-0.1, -0.05) is 5.21 Å². The second-order valence-corrected chi connectivity index (χ2v) is 4.38. The van der Waals surface area contributed by atoms with Crippen LogP contribution in [0.4, 0.5) is 0 Å². The Kier molecular flexibility index (Phi) is 3.26. The van der Waals surface area contributed by atoms with Crippen LogP contribution in [0.15, 0.2) is 6.20 Å². The van der Waals surface area contributed by atoms with Crippen LogP contribution in [-0.2, 0) is 0 Å². The molecule has 0 bridgehead atoms. The number of aromatic nitrogens is 3. The predicted molar refractivity (Wildman–Crippen MR) is 60.4 cm³/mol. The highest BCUT2D eigenvalue weighted by Crippen LogP contribution is 2.38. The van der Waals surface area contributed by atoms with Crippen molar-refractivity contribution < 1.29 is 0 Å². The second-order valence-electron chi connectivity index (χ2n) is 4.38. The van der Waals surface area contributed by atoms with Gasteiger partial charge >= 0.3 is 0 Å². The highest BCUT2D eigenvalue weighted by molar-refractivity contribution is 5.85. The standard InChI is InChI=1S/C10H16N4.ClH/c1-2-8(1)10-7-14(13-12-10)9-3-5-11-6-4-9;/h7-9,11H,1-6H2;1H. The van der Waals surface area contributed by atoms with Crippen molar-refractivity contribution >= 4 is 12.4 Å². The molecule has 84 valence electrons. The lowest BCUT2D eigenvalue weighted by atomic mass is 10.1. The first-order chi connectivity index (χ1) is 6.93. The molecule has 0 amide bonds. The van der Waals surface area contributed by atoms with Crippen molar-refractivity contribution in [3.8, 4) is 0 Å². The van der Waals surface area contributed by atoms with Gasteiger partial charge in [0.1, 0.15) is 0 Å². The van der Waals surface area contributed by atoms with E-state index >= 15 is 0 Å². The van der Waals surface area contributed by atoms with Crippen LogP contribution in [0.25, 0.3) is 0 Å². The molecule has 1 saturated heterocycles. The second kappa shape index (κ2) is 4.49. The third-order valence-electron chi connectivity index (χ3n) is 3.21. The van der Waals surface area contributed by atoms with Crippen molar-refractivity contribution in [2.24, 2.45) is 0 Å². The normalized spacial score (nSPS) is 22.4. The van der Waals surface area contributed by atoms with Crippen LogP contribution in [0, 0.1) is 0 Å². The van der Waals surface area contributed by atoms with Gasteiger partial charge in [0.25, 0.3) is 0 Å². The van der Waals surface area contributed by atoms with Crippen molar-refractivity contribution in [1.29, 1.82) is 0 Å². The first-order valence-electron chi connectivity index (χ1n) is 5.56. The van der Waals surface area contributed by atoms with Crippen LogP contribution in [-0.4, -0.2) is 28.1 Å². The number of nitrogens with one attached hydrogen (secondary N) is 1. The molecule has 1 N–H and O–H groups in total. The van der Waals surface area contributed by atoms with E-state index in [1.807, 2.05) is 0 Å². The number of piperidine rings is 1. The molecule has 4 nitrogen and oxygen atoms in total. The van der Waals surface area contributed by atoms with E-state index < -0.39 is 0 Å². The summed E-state index contributed by atoms with van der Waals surface area (Å²) >= 11 is 0. The SMILES string of the molecule is Cl.c1c(C2CC2)nnn1C1CCNCC1. The van der Waals surface area contributed by atoms with E-state index in [4.69, 9.17) is 0 Å². The van der Waals surface area contributed by atoms with Gasteiger partial charge in [-0.15, -0.1) is 17.5 Å². The molecule has 15 heavy (non-hydrogen) atoms. The van der Waals surface area contributed by atoms with Crippen LogP contribution in [0.3, 0.4) is 0 Å². The summed E-state index contributed by atoms with van der Waals surface area (Å²) in [5.41, 5.74) is 1.21. The molecular formula is C10H17ClN4. The summed E-state index contributed by atoms with van der Waals surface area (Å²) in [7, 11) is 0. The molecule has 1 aromatic rings. The Bertz CT molecular complexity index is 315. The lowest BCUT2D eigenvalue weighted by Crippen LogP contribution is -2.29. The van der Waals surface area contributed by atoms with Crippen LogP contribution in [0.2, 0.25) is 0 Å². The molecule has 3 rings (SSSR count). The Morgan fingerprint density at radius 1 is 1.20 bits per heavy atom. The fourth-order valence-corrected chi connectivity index (χ4v) is 2.11. The number of hydrogen-bond donors (Lipinski definition) is 1. The molecule has 0 spiro atoms. The van der Waals surface area contributed by atoms with E-state index in [0.29, 0.717) is 6.04 Å². The molecule has 2 aliphatic rings. The third kappa shape index (κ3) is 2.32. The quantitative estimate of drug-likeness (QED) is 0.835. The molecule has 2 fully saturated rings. The lowest BCUT2D eigenvalue weighted by Gasteiger charge is -2.22. The summed E-state index contributed by atoms with van der Waals surface area (Å²) in [5, 5.41) is 11.9. The van der Waals surface area contributed by atoms with Gasteiger partial charge in [-0.05, 0) is 38.8 Å². The first-order valence-corrected chi connectivity index (χ1v) is 5.56. The number of halogens is 1. The van der Waals surface area contributed by atoms with Gasteiger partial charge in [-0.25, -0.2) is 4.68 Å². The fraction of sp³-hybridized carbons (Fsp3) is 0.800. The van der Waals surface area contributed by atoms with Crippen molar-refractivity contribution in [1.82, 2.24) is 20.3 Å². The molecule has 0 radical (unpaired) electrons. The van der Waals surface area contributed by atoms with Gasteiger partial charge in [0.15, 0.2) is 0 Å². The van der Waals surface area contributed by atoms with Gasteiger partial charge < -0.3 is 5.32 Å². The van der Waals surface area contributed by atoms with Crippen LogP contribution >= 0.6 is 12.4 Å². The van der Waals surface area contributed by atoms with Crippen molar-refractivity contribution in [3.05, 3.63) is 11.9 Å². The Labute approximate surface area is 95.8 Å². The van der Waals surface area contributed by atoms with E-state index in [2.05, 4.69) is 26.5 Å². The summed E-state index contributed by atoms with van der Waals surface area (Å²) in [6.45, 7) is 2.23. The van der Waals surface area contributed by atoms with Gasteiger partial charge in [-0.2, -0.15) is 0 Å². The zero-order valence-electron chi connectivity index (χ0n) is 8.72. The van der Waals surface area contributed by atoms with Crippen LogP contribution in [0.1, 0.15) is 43.3 Å². The van der Waals surface area contributed by atoms with Crippen molar-refractivity contribution in [2.45, 2.75) is 37.6 Å². The fourth-order valence-electron chi connectivity index (χ4n) is 2.11. The maximum atomic E-state index is 4.25. The minimum atomic E-state index is 0. The summed E-state index contributed by atoms with van der Waals surface area (Å²) in [6.07, 6.45) is 7.16. The number of rotatable bonds is 2. The Morgan fingerprint density at radius 2 is 1.93 bits per heavy atom. The molecule has 5 heteroatoms. The van der Waals surface area contributed by atoms with E-state index in [1.165, 1.54) is 31.4 Å². The largest absolute Gasteiger partial charge is 0.317 e. The van der Waals surface area contributed by atoms with Gasteiger partial charge in [0, 0.05) is 12.1 Å². The van der Waals surface area contributed by atoms with Gasteiger partial charge in [-0.3, -0.25) is 0 Å². The monoisotopic (exact) mass is 228 g/mol. The zero-order chi connectivity index (χ0) is 9.38. The summed E-state index contributed by atoms with van der Waals surface area (Å²) in [5.74, 6) is 0.727. The molecule has 0 atom stereocenters. The molecule has 1 saturated carbocycles. The minimum absolute atomic E-state index is 0. The third-order valence-corrected chi connectivity index (χ3v) is 3.21. The molecule has 0 aromatic carbocycles. The molecule has 1 aliphatic carbocycles. The maximum absolute atomic E-state index is 4.25. The van der Waals surface area contributed by atoms with Crippen molar-refractivity contribution in [3.63, 3.8) is 0 Å². The summed E-state index contributed by atoms with van der Waals surface area (Å²) in [6, 6.07) is 0.580. The van der Waals surface area contributed by atoms with Gasteiger partial charge in [0.05, 0.1) is 11.7 Å². The summed E-state index contributed by atoms with van der Waals surface area (Å²) in [4.78, 5) is 0. The molecule has 1 aromatic heterocycles. The molecule has 2 heterocycles. The average molecular weight is 229 g/mol. The number of nitrogens with zero attached hydrogens (tertiary/aromatic N) is 3. The first kappa shape index (κ1) is 10.9. The van der Waals surface area contributed by atoms with E-state index in [0.717, 1.165) is 19.0 Å². The van der Waals surface area contributed by atoms with E-state index in [1.54, 1.807) is 0 Å². The van der Waals surface area contributed by atoms with Crippen LogP contribution in [0.5, 0.6) is 0 Å². The highest BCUT2D eigenvalue weighted by atomic mass is 35.5. The smallest absolute Gasteiger partial charge is 0.0858 e. The van der Waals surface area contributed by atoms with Crippen LogP contribution < -0.4 is 5.32 Å². The lowest BCUT2D eigenvalue weighted by molar-refractivity contribution is 0.337. The molecular weight excluding hydrogens is 212 g/mol. The van der Waals surface area contributed by atoms with E-state index in [9.17, 15) is 0 Å². The maximum Gasteiger partial charge on any atom is 0.0858 e. The highest BCUT2D eigenvalue weighted by Gasteiger charge is 2.27. The zero-order valence-corrected chi connectivity index (χ0v) is 9.54. The average Bonchev–Trinajstić information content (AvgIpc) is 2.98. The van der Waals surface area contributed by atoms with E-state index in [-0.39, 0.29) is 12.4 Å². The Balaban J connectivity index is 0.000000853. The van der Waals surface area contributed by atoms with Gasteiger partial charge in [0.2, 0.25) is 0 Å². The minimum Gasteiger partial charge on any atom is -0.317 e. The Morgan fingerprint density at radius 3 is 2.60 bits per heavy atom. The molecule has 1 aliphatic heterocycles. The Hall–Kier alpha value is -0.610. The predicted octanol–water partition coefficient (Wildman–Crippen LogP) is 1.50. The number of hydrogen-bond acceptors (Lipinski definition) is 3. The summed E-state index contributed by atoms with van der Waals surface area (Å²) < 4.78 is 2.08. The topological polar surface area (TPSA) is 42.7 Å².